The SMILES string of the molecule is Cc1nc(-c2ccccc2)ncc1C(=O)NC1c2ccccc2CC1O. The van der Waals surface area contributed by atoms with Gasteiger partial charge in [0.2, 0.25) is 0 Å². The van der Waals surface area contributed by atoms with Gasteiger partial charge in [-0.05, 0) is 18.1 Å². The summed E-state index contributed by atoms with van der Waals surface area (Å²) in [6.45, 7) is 1.79. The molecule has 3 aromatic rings. The van der Waals surface area contributed by atoms with Crippen molar-refractivity contribution in [3.05, 3.63) is 83.2 Å². The number of nitrogens with one attached hydrogen (secondary N) is 1. The first-order valence-electron chi connectivity index (χ1n) is 8.59. The van der Waals surface area contributed by atoms with Crippen LogP contribution in [0.2, 0.25) is 0 Å². The number of rotatable bonds is 3. The molecule has 0 saturated heterocycles. The molecule has 2 N–H and O–H groups in total. The Morgan fingerprint density at radius 2 is 1.85 bits per heavy atom. The van der Waals surface area contributed by atoms with Crippen molar-refractivity contribution in [1.82, 2.24) is 15.3 Å². The van der Waals surface area contributed by atoms with Crippen LogP contribution in [0.3, 0.4) is 0 Å². The summed E-state index contributed by atoms with van der Waals surface area (Å²) < 4.78 is 0. The number of carbonyl (C=O) groups is 1. The zero-order valence-electron chi connectivity index (χ0n) is 14.4. The summed E-state index contributed by atoms with van der Waals surface area (Å²) in [4.78, 5) is 21.5. The number of benzene rings is 2. The predicted molar refractivity (Wildman–Crippen MR) is 98.6 cm³/mol. The van der Waals surface area contributed by atoms with Crippen molar-refractivity contribution in [3.63, 3.8) is 0 Å². The van der Waals surface area contributed by atoms with Gasteiger partial charge in [0.05, 0.1) is 23.4 Å². The van der Waals surface area contributed by atoms with Crippen LogP contribution < -0.4 is 5.32 Å². The van der Waals surface area contributed by atoms with Crippen molar-refractivity contribution < 1.29 is 9.90 Å². The van der Waals surface area contributed by atoms with Gasteiger partial charge < -0.3 is 10.4 Å². The van der Waals surface area contributed by atoms with Crippen LogP contribution in [0, 0.1) is 6.92 Å². The number of aryl methyl sites for hydroxylation is 1. The average molecular weight is 345 g/mol. The number of fused-ring (bicyclic) bond motifs is 1. The maximum atomic E-state index is 12.7. The second-order valence-electron chi connectivity index (χ2n) is 6.48. The molecule has 5 nitrogen and oxygen atoms in total. The Morgan fingerprint density at radius 3 is 2.62 bits per heavy atom. The van der Waals surface area contributed by atoms with Crippen molar-refractivity contribution >= 4 is 5.91 Å². The Morgan fingerprint density at radius 1 is 1.12 bits per heavy atom. The number of hydrogen-bond acceptors (Lipinski definition) is 4. The van der Waals surface area contributed by atoms with Gasteiger partial charge in [-0.15, -0.1) is 0 Å². The molecule has 130 valence electrons. The van der Waals surface area contributed by atoms with E-state index in [9.17, 15) is 9.90 Å². The number of aliphatic hydroxyl groups excluding tert-OH is 1. The molecule has 1 amide bonds. The van der Waals surface area contributed by atoms with Gasteiger partial charge in [-0.25, -0.2) is 9.97 Å². The second-order valence-corrected chi connectivity index (χ2v) is 6.48. The fourth-order valence-electron chi connectivity index (χ4n) is 3.38. The number of hydrogen-bond donors (Lipinski definition) is 2. The molecule has 1 aliphatic rings. The zero-order chi connectivity index (χ0) is 18.1. The summed E-state index contributed by atoms with van der Waals surface area (Å²) in [7, 11) is 0. The molecular formula is C21H19N3O2. The minimum atomic E-state index is -0.624. The van der Waals surface area contributed by atoms with E-state index in [0.29, 0.717) is 23.5 Å². The van der Waals surface area contributed by atoms with Crippen LogP contribution in [0.25, 0.3) is 11.4 Å². The zero-order valence-corrected chi connectivity index (χ0v) is 14.4. The second kappa shape index (κ2) is 6.69. The molecule has 0 bridgehead atoms. The highest BCUT2D eigenvalue weighted by Gasteiger charge is 2.32. The monoisotopic (exact) mass is 345 g/mol. The molecule has 0 aliphatic heterocycles. The van der Waals surface area contributed by atoms with E-state index in [1.807, 2.05) is 54.6 Å². The number of nitrogens with zero attached hydrogens (tertiary/aromatic N) is 2. The summed E-state index contributed by atoms with van der Waals surface area (Å²) in [6, 6.07) is 17.0. The third-order valence-electron chi connectivity index (χ3n) is 4.75. The van der Waals surface area contributed by atoms with Gasteiger partial charge in [-0.1, -0.05) is 54.6 Å². The highest BCUT2D eigenvalue weighted by Crippen LogP contribution is 2.31. The summed E-state index contributed by atoms with van der Waals surface area (Å²) >= 11 is 0. The van der Waals surface area contributed by atoms with E-state index in [1.54, 1.807) is 13.1 Å². The highest BCUT2D eigenvalue weighted by atomic mass is 16.3. The van der Waals surface area contributed by atoms with E-state index >= 15 is 0 Å². The summed E-state index contributed by atoms with van der Waals surface area (Å²) in [5, 5.41) is 13.3. The Balaban J connectivity index is 1.58. The summed E-state index contributed by atoms with van der Waals surface area (Å²) in [5.41, 5.74) is 3.96. The fourth-order valence-corrected chi connectivity index (χ4v) is 3.38. The molecule has 0 radical (unpaired) electrons. The Kier molecular flexibility index (Phi) is 4.22. The molecule has 2 atom stereocenters. The third-order valence-corrected chi connectivity index (χ3v) is 4.75. The molecular weight excluding hydrogens is 326 g/mol. The summed E-state index contributed by atoms with van der Waals surface area (Å²) in [5.74, 6) is 0.314. The van der Waals surface area contributed by atoms with Crippen LogP contribution in [-0.4, -0.2) is 27.1 Å². The minimum Gasteiger partial charge on any atom is -0.390 e. The molecule has 4 rings (SSSR count). The van der Waals surface area contributed by atoms with Gasteiger partial charge in [0.1, 0.15) is 0 Å². The standard InChI is InChI=1S/C21H19N3O2/c1-13-17(12-22-20(23-13)14-7-3-2-4-8-14)21(26)24-19-16-10-6-5-9-15(16)11-18(19)25/h2-10,12,18-19,25H,11H2,1H3,(H,24,26). The van der Waals surface area contributed by atoms with Crippen molar-refractivity contribution in [2.75, 3.05) is 0 Å². The largest absolute Gasteiger partial charge is 0.390 e. The fraction of sp³-hybridized carbons (Fsp3) is 0.190. The molecule has 1 heterocycles. The van der Waals surface area contributed by atoms with E-state index in [-0.39, 0.29) is 5.91 Å². The molecule has 26 heavy (non-hydrogen) atoms. The predicted octanol–water partition coefficient (Wildman–Crippen LogP) is 2.84. The average Bonchev–Trinajstić information content (AvgIpc) is 2.98. The van der Waals surface area contributed by atoms with Gasteiger partial charge in [0.15, 0.2) is 5.82 Å². The molecule has 0 saturated carbocycles. The number of carbonyl (C=O) groups excluding carboxylic acids is 1. The van der Waals surface area contributed by atoms with E-state index in [4.69, 9.17) is 0 Å². The topological polar surface area (TPSA) is 75.1 Å². The molecule has 0 fully saturated rings. The minimum absolute atomic E-state index is 0.275. The Labute approximate surface area is 151 Å². The maximum Gasteiger partial charge on any atom is 0.255 e. The van der Waals surface area contributed by atoms with E-state index in [1.165, 1.54) is 0 Å². The number of aliphatic hydroxyl groups is 1. The molecule has 5 heteroatoms. The maximum absolute atomic E-state index is 12.7. The molecule has 2 aromatic carbocycles. The smallest absolute Gasteiger partial charge is 0.255 e. The van der Waals surface area contributed by atoms with Crippen LogP contribution >= 0.6 is 0 Å². The van der Waals surface area contributed by atoms with Gasteiger partial charge >= 0.3 is 0 Å². The van der Waals surface area contributed by atoms with Gasteiger partial charge in [-0.2, -0.15) is 0 Å². The molecule has 2 unspecified atom stereocenters. The molecule has 1 aliphatic carbocycles. The number of aromatic nitrogens is 2. The molecule has 1 aromatic heterocycles. The first-order chi connectivity index (χ1) is 12.6. The van der Waals surface area contributed by atoms with Crippen LogP contribution in [0.15, 0.2) is 60.8 Å². The van der Waals surface area contributed by atoms with Crippen LogP contribution in [0.4, 0.5) is 0 Å². The van der Waals surface area contributed by atoms with E-state index < -0.39 is 12.1 Å². The Hall–Kier alpha value is -3.05. The third kappa shape index (κ3) is 2.97. The van der Waals surface area contributed by atoms with E-state index in [2.05, 4.69) is 15.3 Å². The van der Waals surface area contributed by atoms with Crippen LogP contribution in [-0.2, 0) is 6.42 Å². The van der Waals surface area contributed by atoms with Crippen molar-refractivity contribution in [3.8, 4) is 11.4 Å². The van der Waals surface area contributed by atoms with Crippen LogP contribution in [0.1, 0.15) is 33.2 Å². The first-order valence-corrected chi connectivity index (χ1v) is 8.59. The van der Waals surface area contributed by atoms with Crippen molar-refractivity contribution in [2.45, 2.75) is 25.5 Å². The quantitative estimate of drug-likeness (QED) is 0.765. The lowest BCUT2D eigenvalue weighted by atomic mass is 10.1. The van der Waals surface area contributed by atoms with Gasteiger partial charge in [0.25, 0.3) is 5.91 Å². The number of amides is 1. The van der Waals surface area contributed by atoms with E-state index in [0.717, 1.165) is 16.7 Å². The van der Waals surface area contributed by atoms with Crippen molar-refractivity contribution in [1.29, 1.82) is 0 Å². The lowest BCUT2D eigenvalue weighted by Gasteiger charge is -2.18. The van der Waals surface area contributed by atoms with Crippen molar-refractivity contribution in [2.24, 2.45) is 0 Å². The lowest BCUT2D eigenvalue weighted by Crippen LogP contribution is -2.34. The lowest BCUT2D eigenvalue weighted by molar-refractivity contribution is 0.0857. The molecule has 0 spiro atoms. The van der Waals surface area contributed by atoms with Gasteiger partial charge in [0, 0.05) is 18.2 Å². The summed E-state index contributed by atoms with van der Waals surface area (Å²) in [6.07, 6.45) is 1.47. The van der Waals surface area contributed by atoms with Crippen LogP contribution in [0.5, 0.6) is 0 Å². The highest BCUT2D eigenvalue weighted by molar-refractivity contribution is 5.95. The first kappa shape index (κ1) is 16.4. The van der Waals surface area contributed by atoms with Gasteiger partial charge in [-0.3, -0.25) is 4.79 Å². The normalized spacial score (nSPS) is 18.4. The Bertz CT molecular complexity index is 956.